The zero-order chi connectivity index (χ0) is 16.2. The molecule has 2 fully saturated rings. The van der Waals surface area contributed by atoms with Gasteiger partial charge < -0.3 is 9.47 Å². The van der Waals surface area contributed by atoms with Gasteiger partial charge in [-0.2, -0.15) is 0 Å². The van der Waals surface area contributed by atoms with E-state index in [4.69, 9.17) is 9.47 Å². The van der Waals surface area contributed by atoms with E-state index in [1.54, 1.807) is 0 Å². The van der Waals surface area contributed by atoms with Crippen molar-refractivity contribution in [2.45, 2.75) is 51.9 Å². The molecule has 0 amide bonds. The van der Waals surface area contributed by atoms with Gasteiger partial charge in [0, 0.05) is 5.92 Å². The zero-order valence-electron chi connectivity index (χ0n) is 14.3. The first kappa shape index (κ1) is 16.5. The largest absolute Gasteiger partial charge is 0.426 e. The highest BCUT2D eigenvalue weighted by molar-refractivity contribution is 5.75. The lowest BCUT2D eigenvalue weighted by atomic mass is 9.75. The molecule has 1 aliphatic heterocycles. The second-order valence-electron chi connectivity index (χ2n) is 7.21. The SMILES string of the molecule is CCC(C)c1ccc(OC(=O)C2CCC(C3COC3)CC2)cc1. The summed E-state index contributed by atoms with van der Waals surface area (Å²) in [5, 5.41) is 0. The molecule has 3 nitrogen and oxygen atoms in total. The molecule has 1 aliphatic carbocycles. The minimum Gasteiger partial charge on any atom is -0.426 e. The molecule has 1 heterocycles. The number of benzene rings is 1. The van der Waals surface area contributed by atoms with Gasteiger partial charge in [0.15, 0.2) is 0 Å². The molecule has 1 aromatic rings. The Morgan fingerprint density at radius 1 is 1.13 bits per heavy atom. The predicted molar refractivity (Wildman–Crippen MR) is 90.5 cm³/mol. The van der Waals surface area contributed by atoms with Crippen molar-refractivity contribution in [2.24, 2.45) is 17.8 Å². The quantitative estimate of drug-likeness (QED) is 0.590. The van der Waals surface area contributed by atoms with Crippen LogP contribution in [0, 0.1) is 17.8 Å². The number of hydrogen-bond donors (Lipinski definition) is 0. The zero-order valence-corrected chi connectivity index (χ0v) is 14.3. The topological polar surface area (TPSA) is 35.5 Å². The summed E-state index contributed by atoms with van der Waals surface area (Å²) in [4.78, 5) is 12.4. The lowest BCUT2D eigenvalue weighted by molar-refractivity contribution is -0.141. The molecular weight excluding hydrogens is 288 g/mol. The van der Waals surface area contributed by atoms with Crippen LogP contribution in [-0.4, -0.2) is 19.2 Å². The van der Waals surface area contributed by atoms with Gasteiger partial charge in [0.25, 0.3) is 0 Å². The van der Waals surface area contributed by atoms with Gasteiger partial charge in [0.1, 0.15) is 5.75 Å². The normalized spacial score (nSPS) is 26.3. The molecule has 0 N–H and O–H groups in total. The van der Waals surface area contributed by atoms with Crippen LogP contribution in [0.2, 0.25) is 0 Å². The average Bonchev–Trinajstić information content (AvgIpc) is 2.54. The summed E-state index contributed by atoms with van der Waals surface area (Å²) < 4.78 is 10.9. The first-order valence-corrected chi connectivity index (χ1v) is 9.06. The van der Waals surface area contributed by atoms with Crippen molar-refractivity contribution >= 4 is 5.97 Å². The number of carbonyl (C=O) groups is 1. The molecule has 1 saturated heterocycles. The minimum absolute atomic E-state index is 0.0513. The van der Waals surface area contributed by atoms with E-state index in [0.717, 1.165) is 57.2 Å². The van der Waals surface area contributed by atoms with E-state index >= 15 is 0 Å². The van der Waals surface area contributed by atoms with Crippen LogP contribution >= 0.6 is 0 Å². The summed E-state index contributed by atoms with van der Waals surface area (Å²) >= 11 is 0. The maximum absolute atomic E-state index is 12.4. The number of ether oxygens (including phenoxy) is 2. The van der Waals surface area contributed by atoms with Gasteiger partial charge in [0.05, 0.1) is 19.1 Å². The fraction of sp³-hybridized carbons (Fsp3) is 0.650. The lowest BCUT2D eigenvalue weighted by Crippen LogP contribution is -2.37. The maximum Gasteiger partial charge on any atom is 0.314 e. The Labute approximate surface area is 139 Å². The Morgan fingerprint density at radius 3 is 2.30 bits per heavy atom. The van der Waals surface area contributed by atoms with Crippen molar-refractivity contribution in [1.29, 1.82) is 0 Å². The molecule has 1 atom stereocenters. The van der Waals surface area contributed by atoms with Gasteiger partial charge in [-0.05, 0) is 61.6 Å². The average molecular weight is 316 g/mol. The summed E-state index contributed by atoms with van der Waals surface area (Å²) in [6.07, 6.45) is 5.33. The first-order valence-electron chi connectivity index (χ1n) is 9.06. The van der Waals surface area contributed by atoms with Crippen LogP contribution in [0.3, 0.4) is 0 Å². The molecule has 1 saturated carbocycles. The van der Waals surface area contributed by atoms with Crippen molar-refractivity contribution in [3.8, 4) is 5.75 Å². The van der Waals surface area contributed by atoms with Crippen LogP contribution < -0.4 is 4.74 Å². The highest BCUT2D eigenvalue weighted by Gasteiger charge is 2.34. The fourth-order valence-electron chi connectivity index (χ4n) is 3.65. The molecule has 23 heavy (non-hydrogen) atoms. The summed E-state index contributed by atoms with van der Waals surface area (Å²) in [5.74, 6) is 2.73. The summed E-state index contributed by atoms with van der Waals surface area (Å²) in [6, 6.07) is 8.00. The fourth-order valence-corrected chi connectivity index (χ4v) is 3.65. The van der Waals surface area contributed by atoms with E-state index in [2.05, 4.69) is 26.0 Å². The molecule has 1 aromatic carbocycles. The van der Waals surface area contributed by atoms with Gasteiger partial charge in [0.2, 0.25) is 0 Å². The van der Waals surface area contributed by atoms with E-state index in [-0.39, 0.29) is 11.9 Å². The molecule has 2 aliphatic rings. The van der Waals surface area contributed by atoms with Crippen LogP contribution in [0.4, 0.5) is 0 Å². The van der Waals surface area contributed by atoms with Crippen molar-refractivity contribution in [1.82, 2.24) is 0 Å². The molecule has 0 aromatic heterocycles. The Morgan fingerprint density at radius 2 is 1.78 bits per heavy atom. The molecule has 0 radical (unpaired) electrons. The minimum atomic E-state index is -0.0513. The van der Waals surface area contributed by atoms with Crippen LogP contribution in [0.1, 0.15) is 57.4 Å². The molecular formula is C20H28O3. The third-order valence-corrected chi connectivity index (χ3v) is 5.72. The maximum atomic E-state index is 12.4. The number of esters is 1. The van der Waals surface area contributed by atoms with Gasteiger partial charge >= 0.3 is 5.97 Å². The van der Waals surface area contributed by atoms with Gasteiger partial charge in [-0.25, -0.2) is 0 Å². The lowest BCUT2D eigenvalue weighted by Gasteiger charge is -2.37. The third-order valence-electron chi connectivity index (χ3n) is 5.72. The molecule has 126 valence electrons. The Balaban J connectivity index is 1.49. The van der Waals surface area contributed by atoms with Crippen LogP contribution in [-0.2, 0) is 9.53 Å². The third kappa shape index (κ3) is 3.95. The highest BCUT2D eigenvalue weighted by Crippen LogP contribution is 2.37. The van der Waals surface area contributed by atoms with Crippen molar-refractivity contribution in [3.63, 3.8) is 0 Å². The van der Waals surface area contributed by atoms with Crippen molar-refractivity contribution in [3.05, 3.63) is 29.8 Å². The molecule has 0 spiro atoms. The smallest absolute Gasteiger partial charge is 0.314 e. The molecule has 3 rings (SSSR count). The monoisotopic (exact) mass is 316 g/mol. The van der Waals surface area contributed by atoms with Crippen LogP contribution in [0.25, 0.3) is 0 Å². The number of carbonyl (C=O) groups excluding carboxylic acids is 1. The van der Waals surface area contributed by atoms with E-state index in [0.29, 0.717) is 11.7 Å². The molecule has 1 unspecified atom stereocenters. The van der Waals surface area contributed by atoms with Gasteiger partial charge in [-0.15, -0.1) is 0 Å². The summed E-state index contributed by atoms with van der Waals surface area (Å²) in [7, 11) is 0. The van der Waals surface area contributed by atoms with Crippen LogP contribution in [0.5, 0.6) is 5.75 Å². The Bertz CT molecular complexity index is 510. The second-order valence-corrected chi connectivity index (χ2v) is 7.21. The standard InChI is InChI=1S/C20H28O3/c1-3-14(2)15-8-10-19(11-9-15)23-20(21)17-6-4-16(5-7-17)18-12-22-13-18/h8-11,14,16-18H,3-7,12-13H2,1-2H3. The van der Waals surface area contributed by atoms with E-state index < -0.39 is 0 Å². The van der Waals surface area contributed by atoms with Crippen molar-refractivity contribution in [2.75, 3.05) is 13.2 Å². The first-order chi connectivity index (χ1) is 11.2. The van der Waals surface area contributed by atoms with E-state index in [9.17, 15) is 4.79 Å². The number of hydrogen-bond acceptors (Lipinski definition) is 3. The highest BCUT2D eigenvalue weighted by atomic mass is 16.5. The van der Waals surface area contributed by atoms with Gasteiger partial charge in [-0.3, -0.25) is 4.79 Å². The molecule has 3 heteroatoms. The predicted octanol–water partition coefficient (Wildman–Crippen LogP) is 4.56. The van der Waals surface area contributed by atoms with Crippen LogP contribution in [0.15, 0.2) is 24.3 Å². The van der Waals surface area contributed by atoms with Crippen molar-refractivity contribution < 1.29 is 14.3 Å². The summed E-state index contributed by atoms with van der Waals surface area (Å²) in [6.45, 7) is 6.24. The number of rotatable bonds is 5. The Hall–Kier alpha value is -1.35. The molecule has 0 bridgehead atoms. The Kier molecular flexibility index (Phi) is 5.37. The second kappa shape index (κ2) is 7.48. The van der Waals surface area contributed by atoms with E-state index in [1.165, 1.54) is 5.56 Å². The van der Waals surface area contributed by atoms with E-state index in [1.807, 2.05) is 12.1 Å². The summed E-state index contributed by atoms with van der Waals surface area (Å²) in [5.41, 5.74) is 1.30. The van der Waals surface area contributed by atoms with Gasteiger partial charge in [-0.1, -0.05) is 26.0 Å².